The Bertz CT molecular complexity index is 953. The highest BCUT2D eigenvalue weighted by Gasteiger charge is 2.07. The molecule has 9 heteroatoms. The first-order valence-corrected chi connectivity index (χ1v) is 8.93. The number of thioether (sulfide) groups is 1. The Morgan fingerprint density at radius 1 is 1.22 bits per heavy atom. The highest BCUT2D eigenvalue weighted by molar-refractivity contribution is 7.99. The molecule has 8 nitrogen and oxygen atoms in total. The quantitative estimate of drug-likeness (QED) is 0.312. The summed E-state index contributed by atoms with van der Waals surface area (Å²) in [6.45, 7) is -0.453. The van der Waals surface area contributed by atoms with E-state index in [0.717, 1.165) is 11.0 Å². The van der Waals surface area contributed by atoms with E-state index in [1.807, 2.05) is 24.3 Å². The molecule has 3 rings (SSSR count). The van der Waals surface area contributed by atoms with Crippen LogP contribution in [0, 0.1) is 0 Å². The summed E-state index contributed by atoms with van der Waals surface area (Å²) in [4.78, 5) is 30.0. The molecule has 0 saturated heterocycles. The van der Waals surface area contributed by atoms with Gasteiger partial charge in [0.25, 0.3) is 5.91 Å². The Labute approximate surface area is 158 Å². The Morgan fingerprint density at radius 2 is 2.00 bits per heavy atom. The number of carboxylic acids is 1. The number of H-pyrrole nitrogens is 1. The molecule has 0 aliphatic heterocycles. The number of hydrazone groups is 1. The van der Waals surface area contributed by atoms with Gasteiger partial charge in [0.1, 0.15) is 5.75 Å². The molecule has 2 aromatic carbocycles. The molecule has 1 aromatic heterocycles. The normalized spacial score (nSPS) is 11.0. The summed E-state index contributed by atoms with van der Waals surface area (Å²) in [6, 6.07) is 14.4. The maximum atomic E-state index is 11.9. The van der Waals surface area contributed by atoms with Crippen molar-refractivity contribution in [2.45, 2.75) is 5.16 Å². The fourth-order valence-electron chi connectivity index (χ4n) is 2.20. The lowest BCUT2D eigenvalue weighted by Crippen LogP contribution is -2.19. The average molecular weight is 384 g/mol. The molecule has 1 amide bonds. The zero-order valence-electron chi connectivity index (χ0n) is 14.1. The number of fused-ring (bicyclic) bond motifs is 1. The number of imidazole rings is 1. The van der Waals surface area contributed by atoms with Crippen LogP contribution in [0.15, 0.2) is 58.8 Å². The van der Waals surface area contributed by atoms with E-state index in [-0.39, 0.29) is 11.7 Å². The van der Waals surface area contributed by atoms with Crippen LogP contribution in [0.3, 0.4) is 0 Å². The molecule has 0 atom stereocenters. The van der Waals surface area contributed by atoms with Gasteiger partial charge >= 0.3 is 5.97 Å². The smallest absolute Gasteiger partial charge is 0.341 e. The molecule has 0 aliphatic rings. The van der Waals surface area contributed by atoms with E-state index in [0.29, 0.717) is 16.5 Å². The molecular weight excluding hydrogens is 368 g/mol. The van der Waals surface area contributed by atoms with E-state index in [4.69, 9.17) is 9.84 Å². The van der Waals surface area contributed by atoms with Crippen molar-refractivity contribution in [2.75, 3.05) is 12.4 Å². The minimum atomic E-state index is -1.07. The van der Waals surface area contributed by atoms with Crippen LogP contribution in [0.5, 0.6) is 5.75 Å². The first-order chi connectivity index (χ1) is 13.1. The third-order valence-corrected chi connectivity index (χ3v) is 4.24. The average Bonchev–Trinajstić information content (AvgIpc) is 3.08. The monoisotopic (exact) mass is 384 g/mol. The van der Waals surface area contributed by atoms with E-state index >= 15 is 0 Å². The number of hydrogen-bond donors (Lipinski definition) is 3. The number of aliphatic carboxylic acids is 1. The van der Waals surface area contributed by atoms with Gasteiger partial charge in [0.15, 0.2) is 11.8 Å². The van der Waals surface area contributed by atoms with Crippen LogP contribution >= 0.6 is 11.8 Å². The molecule has 0 spiro atoms. The minimum Gasteiger partial charge on any atom is -0.481 e. The van der Waals surface area contributed by atoms with Crippen molar-refractivity contribution in [1.82, 2.24) is 15.4 Å². The topological polar surface area (TPSA) is 117 Å². The van der Waals surface area contributed by atoms with Gasteiger partial charge in [-0.2, -0.15) is 5.10 Å². The summed E-state index contributed by atoms with van der Waals surface area (Å²) in [5, 5.41) is 13.2. The highest BCUT2D eigenvalue weighted by Crippen LogP contribution is 2.19. The molecule has 138 valence electrons. The number of para-hydroxylation sites is 3. The maximum Gasteiger partial charge on any atom is 0.341 e. The van der Waals surface area contributed by atoms with Crippen molar-refractivity contribution in [3.8, 4) is 5.75 Å². The molecule has 0 saturated carbocycles. The fraction of sp³-hybridized carbons (Fsp3) is 0.111. The fourth-order valence-corrected chi connectivity index (χ4v) is 2.87. The number of aromatic nitrogens is 2. The summed E-state index contributed by atoms with van der Waals surface area (Å²) in [6.07, 6.45) is 1.40. The number of rotatable bonds is 8. The van der Waals surface area contributed by atoms with E-state index in [9.17, 15) is 9.59 Å². The van der Waals surface area contributed by atoms with Crippen molar-refractivity contribution in [3.05, 3.63) is 54.1 Å². The van der Waals surface area contributed by atoms with Crippen molar-refractivity contribution >= 4 is 40.9 Å². The number of ether oxygens (including phenoxy) is 1. The predicted octanol–water partition coefficient (Wildman–Crippen LogP) is 2.27. The molecule has 0 bridgehead atoms. The third-order valence-electron chi connectivity index (χ3n) is 3.37. The molecule has 0 aliphatic carbocycles. The van der Waals surface area contributed by atoms with Gasteiger partial charge in [0.2, 0.25) is 0 Å². The van der Waals surface area contributed by atoms with Crippen LogP contribution in [0.4, 0.5) is 0 Å². The largest absolute Gasteiger partial charge is 0.481 e. The molecule has 0 unspecified atom stereocenters. The first-order valence-electron chi connectivity index (χ1n) is 7.95. The maximum absolute atomic E-state index is 11.9. The summed E-state index contributed by atoms with van der Waals surface area (Å²) in [5.41, 5.74) is 4.74. The van der Waals surface area contributed by atoms with Crippen LogP contribution in [0.25, 0.3) is 11.0 Å². The van der Waals surface area contributed by atoms with Crippen LogP contribution in [0.1, 0.15) is 5.56 Å². The summed E-state index contributed by atoms with van der Waals surface area (Å²) in [7, 11) is 0. The van der Waals surface area contributed by atoms with Crippen molar-refractivity contribution in [3.63, 3.8) is 0 Å². The van der Waals surface area contributed by atoms with Gasteiger partial charge in [-0.05, 0) is 24.3 Å². The second-order valence-electron chi connectivity index (χ2n) is 5.36. The molecule has 0 radical (unpaired) electrons. The van der Waals surface area contributed by atoms with E-state index in [1.54, 1.807) is 24.3 Å². The van der Waals surface area contributed by atoms with Gasteiger partial charge in [-0.1, -0.05) is 36.0 Å². The van der Waals surface area contributed by atoms with Crippen LogP contribution in [0.2, 0.25) is 0 Å². The lowest BCUT2D eigenvalue weighted by atomic mass is 10.2. The number of hydrogen-bond acceptors (Lipinski definition) is 6. The SMILES string of the molecule is O=C(O)COc1ccccc1/C=N/NC(=O)CSc1nc2ccccc2[nH]1. The van der Waals surface area contributed by atoms with Crippen LogP contribution < -0.4 is 10.2 Å². The first kappa shape index (κ1) is 18.5. The molecular formula is C18H16N4O4S. The van der Waals surface area contributed by atoms with Crippen molar-refractivity contribution in [1.29, 1.82) is 0 Å². The Hall–Kier alpha value is -3.33. The number of carbonyl (C=O) groups is 2. The predicted molar refractivity (Wildman–Crippen MR) is 102 cm³/mol. The molecule has 27 heavy (non-hydrogen) atoms. The van der Waals surface area contributed by atoms with Gasteiger partial charge < -0.3 is 14.8 Å². The number of nitrogens with zero attached hydrogens (tertiary/aromatic N) is 2. The number of aromatic amines is 1. The number of carbonyl (C=O) groups excluding carboxylic acids is 1. The Kier molecular flexibility index (Phi) is 6.06. The molecule has 1 heterocycles. The number of benzene rings is 2. The van der Waals surface area contributed by atoms with E-state index in [1.165, 1.54) is 18.0 Å². The second-order valence-corrected chi connectivity index (χ2v) is 6.33. The van der Waals surface area contributed by atoms with Gasteiger partial charge in [0.05, 0.1) is 23.0 Å². The van der Waals surface area contributed by atoms with Crippen LogP contribution in [-0.2, 0) is 9.59 Å². The molecule has 3 N–H and O–H groups in total. The lowest BCUT2D eigenvalue weighted by molar-refractivity contribution is -0.139. The Balaban J connectivity index is 1.52. The van der Waals surface area contributed by atoms with Gasteiger partial charge in [-0.25, -0.2) is 15.2 Å². The lowest BCUT2D eigenvalue weighted by Gasteiger charge is -2.06. The van der Waals surface area contributed by atoms with Gasteiger partial charge in [-0.3, -0.25) is 4.79 Å². The zero-order chi connectivity index (χ0) is 19.1. The third kappa shape index (κ3) is 5.32. The number of amides is 1. The second kappa shape index (κ2) is 8.86. The number of nitrogens with one attached hydrogen (secondary N) is 2. The van der Waals surface area contributed by atoms with E-state index in [2.05, 4.69) is 20.5 Å². The van der Waals surface area contributed by atoms with Crippen molar-refractivity contribution < 1.29 is 19.4 Å². The van der Waals surface area contributed by atoms with Crippen molar-refractivity contribution in [2.24, 2.45) is 5.10 Å². The zero-order valence-corrected chi connectivity index (χ0v) is 14.9. The summed E-state index contributed by atoms with van der Waals surface area (Å²) >= 11 is 1.27. The van der Waals surface area contributed by atoms with Gasteiger partial charge in [0, 0.05) is 5.56 Å². The highest BCUT2D eigenvalue weighted by atomic mass is 32.2. The standard InChI is InChI=1S/C18H16N4O4S/c23-16(11-27-18-20-13-6-2-3-7-14(13)21-18)22-19-9-12-5-1-4-8-15(12)26-10-17(24)25/h1-9H,10-11H2,(H,20,21)(H,22,23)(H,24,25)/b19-9+. The van der Waals surface area contributed by atoms with E-state index < -0.39 is 12.6 Å². The molecule has 0 fully saturated rings. The van der Waals surface area contributed by atoms with Gasteiger partial charge in [-0.15, -0.1) is 0 Å². The van der Waals surface area contributed by atoms with Crippen LogP contribution in [-0.4, -0.2) is 45.5 Å². The molecule has 3 aromatic rings. The summed E-state index contributed by atoms with van der Waals surface area (Å²) < 4.78 is 5.17. The minimum absolute atomic E-state index is 0.147. The number of carboxylic acid groups (broad SMARTS) is 1. The Morgan fingerprint density at radius 3 is 2.81 bits per heavy atom. The summed E-state index contributed by atoms with van der Waals surface area (Å²) in [5.74, 6) is -0.846.